The van der Waals surface area contributed by atoms with Crippen LogP contribution in [0.15, 0.2) is 24.3 Å². The summed E-state index contributed by atoms with van der Waals surface area (Å²) in [5.41, 5.74) is 8.44. The minimum absolute atomic E-state index is 0.142. The minimum atomic E-state index is 0.142. The maximum atomic E-state index is 6.09. The van der Waals surface area contributed by atoms with Gasteiger partial charge in [0.15, 0.2) is 0 Å². The highest BCUT2D eigenvalue weighted by molar-refractivity contribution is 5.50. The number of benzene rings is 1. The van der Waals surface area contributed by atoms with Crippen LogP contribution in [0.3, 0.4) is 0 Å². The molecule has 2 heteroatoms. The van der Waals surface area contributed by atoms with Crippen LogP contribution in [0.5, 0.6) is 0 Å². The van der Waals surface area contributed by atoms with E-state index in [-0.39, 0.29) is 5.41 Å². The second-order valence-electron chi connectivity index (χ2n) is 5.81. The SMILES string of the molecule is CC(C)(CN1CCCCC1)c1ccccc1N. The van der Waals surface area contributed by atoms with Crippen molar-refractivity contribution in [1.82, 2.24) is 4.90 Å². The van der Waals surface area contributed by atoms with E-state index in [4.69, 9.17) is 5.73 Å². The smallest absolute Gasteiger partial charge is 0.0352 e. The molecule has 1 heterocycles. The Morgan fingerprint density at radius 3 is 2.41 bits per heavy atom. The van der Waals surface area contributed by atoms with Crippen LogP contribution in [0.2, 0.25) is 0 Å². The molecule has 1 saturated heterocycles. The van der Waals surface area contributed by atoms with E-state index in [1.807, 2.05) is 12.1 Å². The molecule has 2 nitrogen and oxygen atoms in total. The molecule has 17 heavy (non-hydrogen) atoms. The molecule has 2 rings (SSSR count). The van der Waals surface area contributed by atoms with Crippen LogP contribution in [-0.2, 0) is 5.41 Å². The quantitative estimate of drug-likeness (QED) is 0.812. The Morgan fingerprint density at radius 2 is 1.76 bits per heavy atom. The normalized spacial score (nSPS) is 18.2. The van der Waals surface area contributed by atoms with Crippen LogP contribution in [0.1, 0.15) is 38.7 Å². The first-order valence-electron chi connectivity index (χ1n) is 6.67. The molecular weight excluding hydrogens is 208 g/mol. The average Bonchev–Trinajstić information content (AvgIpc) is 2.30. The summed E-state index contributed by atoms with van der Waals surface area (Å²) in [4.78, 5) is 2.58. The summed E-state index contributed by atoms with van der Waals surface area (Å²) < 4.78 is 0. The minimum Gasteiger partial charge on any atom is -0.398 e. The third-order valence-electron chi connectivity index (χ3n) is 3.76. The van der Waals surface area contributed by atoms with E-state index >= 15 is 0 Å². The summed E-state index contributed by atoms with van der Waals surface area (Å²) in [6.45, 7) is 8.20. The second-order valence-corrected chi connectivity index (χ2v) is 5.81. The van der Waals surface area contributed by atoms with E-state index in [9.17, 15) is 0 Å². The molecule has 1 aromatic rings. The molecule has 0 atom stereocenters. The van der Waals surface area contributed by atoms with Gasteiger partial charge in [0.05, 0.1) is 0 Å². The molecule has 2 N–H and O–H groups in total. The van der Waals surface area contributed by atoms with Crippen molar-refractivity contribution in [2.45, 2.75) is 38.5 Å². The molecule has 0 amide bonds. The predicted molar refractivity (Wildman–Crippen MR) is 74.2 cm³/mol. The second kappa shape index (κ2) is 5.09. The van der Waals surface area contributed by atoms with Gasteiger partial charge in [-0.05, 0) is 37.6 Å². The van der Waals surface area contributed by atoms with Crippen LogP contribution >= 0.6 is 0 Å². The molecule has 1 aliphatic rings. The maximum absolute atomic E-state index is 6.09. The summed E-state index contributed by atoms with van der Waals surface area (Å²) in [7, 11) is 0. The highest BCUT2D eigenvalue weighted by Crippen LogP contribution is 2.29. The first kappa shape index (κ1) is 12.4. The highest BCUT2D eigenvalue weighted by atomic mass is 15.1. The number of hydrogen-bond donors (Lipinski definition) is 1. The van der Waals surface area contributed by atoms with Crippen molar-refractivity contribution in [2.75, 3.05) is 25.4 Å². The van der Waals surface area contributed by atoms with Crippen molar-refractivity contribution in [1.29, 1.82) is 0 Å². The Kier molecular flexibility index (Phi) is 3.72. The summed E-state index contributed by atoms with van der Waals surface area (Å²) >= 11 is 0. The van der Waals surface area contributed by atoms with Gasteiger partial charge in [0.2, 0.25) is 0 Å². The number of likely N-dealkylation sites (tertiary alicyclic amines) is 1. The summed E-state index contributed by atoms with van der Waals surface area (Å²) in [6, 6.07) is 8.27. The third-order valence-corrected chi connectivity index (χ3v) is 3.76. The fourth-order valence-corrected chi connectivity index (χ4v) is 2.88. The van der Waals surface area contributed by atoms with Gasteiger partial charge in [0.25, 0.3) is 0 Å². The summed E-state index contributed by atoms with van der Waals surface area (Å²) in [6.07, 6.45) is 4.09. The zero-order valence-corrected chi connectivity index (χ0v) is 11.1. The van der Waals surface area contributed by atoms with Gasteiger partial charge in [-0.1, -0.05) is 38.5 Å². The van der Waals surface area contributed by atoms with Crippen LogP contribution in [0.25, 0.3) is 0 Å². The number of nitrogens with zero attached hydrogens (tertiary/aromatic N) is 1. The van der Waals surface area contributed by atoms with E-state index in [0.717, 1.165) is 12.2 Å². The molecule has 0 saturated carbocycles. The molecule has 1 fully saturated rings. The molecule has 0 unspecified atom stereocenters. The predicted octanol–water partition coefficient (Wildman–Crippen LogP) is 3.03. The molecule has 0 spiro atoms. The number of rotatable bonds is 3. The van der Waals surface area contributed by atoms with E-state index in [1.54, 1.807) is 0 Å². The van der Waals surface area contributed by atoms with Crippen molar-refractivity contribution in [2.24, 2.45) is 0 Å². The molecule has 0 aromatic heterocycles. The topological polar surface area (TPSA) is 29.3 Å². The van der Waals surface area contributed by atoms with Gasteiger partial charge in [0, 0.05) is 17.6 Å². The van der Waals surface area contributed by atoms with Gasteiger partial charge in [-0.3, -0.25) is 0 Å². The number of nitrogen functional groups attached to an aromatic ring is 1. The number of nitrogens with two attached hydrogens (primary N) is 1. The van der Waals surface area contributed by atoms with Crippen molar-refractivity contribution in [3.8, 4) is 0 Å². The lowest BCUT2D eigenvalue weighted by Crippen LogP contribution is -2.40. The van der Waals surface area contributed by atoms with Crippen LogP contribution in [0, 0.1) is 0 Å². The van der Waals surface area contributed by atoms with Gasteiger partial charge in [-0.25, -0.2) is 0 Å². The lowest BCUT2D eigenvalue weighted by molar-refractivity contribution is 0.190. The highest BCUT2D eigenvalue weighted by Gasteiger charge is 2.26. The summed E-state index contributed by atoms with van der Waals surface area (Å²) in [5, 5.41) is 0. The zero-order valence-electron chi connectivity index (χ0n) is 11.1. The zero-order chi connectivity index (χ0) is 12.3. The summed E-state index contributed by atoms with van der Waals surface area (Å²) in [5.74, 6) is 0. The Labute approximate surface area is 105 Å². The van der Waals surface area contributed by atoms with Gasteiger partial charge in [-0.2, -0.15) is 0 Å². The van der Waals surface area contributed by atoms with Crippen LogP contribution < -0.4 is 5.73 Å². The van der Waals surface area contributed by atoms with Crippen LogP contribution in [-0.4, -0.2) is 24.5 Å². The number of para-hydroxylation sites is 1. The Balaban J connectivity index is 2.10. The van der Waals surface area contributed by atoms with Gasteiger partial charge < -0.3 is 10.6 Å². The van der Waals surface area contributed by atoms with Crippen molar-refractivity contribution >= 4 is 5.69 Å². The molecule has 1 aliphatic heterocycles. The van der Waals surface area contributed by atoms with E-state index in [1.165, 1.54) is 37.9 Å². The fourth-order valence-electron chi connectivity index (χ4n) is 2.88. The number of hydrogen-bond acceptors (Lipinski definition) is 2. The Morgan fingerprint density at radius 1 is 1.12 bits per heavy atom. The third kappa shape index (κ3) is 3.01. The van der Waals surface area contributed by atoms with Crippen molar-refractivity contribution in [3.05, 3.63) is 29.8 Å². The van der Waals surface area contributed by atoms with E-state index < -0.39 is 0 Å². The van der Waals surface area contributed by atoms with E-state index in [2.05, 4.69) is 30.9 Å². The molecule has 0 aliphatic carbocycles. The van der Waals surface area contributed by atoms with Gasteiger partial charge in [-0.15, -0.1) is 0 Å². The molecular formula is C15H24N2. The first-order valence-corrected chi connectivity index (χ1v) is 6.67. The first-order chi connectivity index (χ1) is 8.09. The average molecular weight is 232 g/mol. The fraction of sp³-hybridized carbons (Fsp3) is 0.600. The van der Waals surface area contributed by atoms with Crippen LogP contribution in [0.4, 0.5) is 5.69 Å². The van der Waals surface area contributed by atoms with Crippen molar-refractivity contribution < 1.29 is 0 Å². The number of piperidine rings is 1. The molecule has 1 aromatic carbocycles. The Hall–Kier alpha value is -1.02. The lowest BCUT2D eigenvalue weighted by Gasteiger charge is -2.35. The number of anilines is 1. The van der Waals surface area contributed by atoms with Gasteiger partial charge >= 0.3 is 0 Å². The molecule has 94 valence electrons. The monoisotopic (exact) mass is 232 g/mol. The molecule has 0 radical (unpaired) electrons. The lowest BCUT2D eigenvalue weighted by atomic mass is 9.82. The Bertz CT molecular complexity index is 365. The standard InChI is InChI=1S/C15H24N2/c1-15(2,12-17-10-6-3-7-11-17)13-8-4-5-9-14(13)16/h4-5,8-9H,3,6-7,10-12,16H2,1-2H3. The van der Waals surface area contributed by atoms with Gasteiger partial charge in [0.1, 0.15) is 0 Å². The largest absolute Gasteiger partial charge is 0.398 e. The van der Waals surface area contributed by atoms with Crippen molar-refractivity contribution in [3.63, 3.8) is 0 Å². The molecule has 0 bridgehead atoms. The van der Waals surface area contributed by atoms with E-state index in [0.29, 0.717) is 0 Å². The maximum Gasteiger partial charge on any atom is 0.0352 e.